The number of benzene rings is 2. The molecule has 0 aromatic heterocycles. The van der Waals surface area contributed by atoms with E-state index in [4.69, 9.17) is 4.74 Å². The van der Waals surface area contributed by atoms with E-state index in [0.717, 1.165) is 28.8 Å². The first kappa shape index (κ1) is 18.5. The van der Waals surface area contributed by atoms with Crippen LogP contribution in [0.15, 0.2) is 48.5 Å². The third-order valence-electron chi connectivity index (χ3n) is 5.58. The van der Waals surface area contributed by atoms with E-state index in [9.17, 15) is 9.90 Å². The molecule has 2 heterocycles. The molecule has 28 heavy (non-hydrogen) atoms. The van der Waals surface area contributed by atoms with Gasteiger partial charge in [-0.1, -0.05) is 30.0 Å². The summed E-state index contributed by atoms with van der Waals surface area (Å²) in [5.74, 6) is 6.58. The Hall–Kier alpha value is -2.81. The van der Waals surface area contributed by atoms with Gasteiger partial charge in [-0.05, 0) is 42.3 Å². The highest BCUT2D eigenvalue weighted by Gasteiger charge is 2.45. The van der Waals surface area contributed by atoms with E-state index in [1.54, 1.807) is 0 Å². The normalized spacial score (nSPS) is 22.5. The van der Waals surface area contributed by atoms with Crippen LogP contribution in [-0.2, 0) is 9.53 Å². The number of carbonyl (C=O) groups excluding carboxylic acids is 1. The Morgan fingerprint density at radius 1 is 1.21 bits per heavy atom. The van der Waals surface area contributed by atoms with Crippen molar-refractivity contribution in [3.8, 4) is 11.8 Å². The van der Waals surface area contributed by atoms with E-state index in [2.05, 4.69) is 23.2 Å². The number of anilines is 1. The van der Waals surface area contributed by atoms with Crippen LogP contribution >= 0.6 is 0 Å². The van der Waals surface area contributed by atoms with Crippen molar-refractivity contribution in [1.29, 1.82) is 0 Å². The SMILES string of the molecule is COCC(=O)N1CC[C@@H]2[C@H](CO)Nc3ccc(C#Cc4ccccc4)cc3[C@@H]21. The number of aliphatic hydroxyl groups is 1. The Balaban J connectivity index is 1.70. The molecule has 1 amide bonds. The second-order valence-electron chi connectivity index (χ2n) is 7.27. The summed E-state index contributed by atoms with van der Waals surface area (Å²) in [6.07, 6.45) is 0.859. The molecule has 144 valence electrons. The van der Waals surface area contributed by atoms with Gasteiger partial charge < -0.3 is 20.1 Å². The molecule has 2 N–H and O–H groups in total. The van der Waals surface area contributed by atoms with Gasteiger partial charge in [-0.15, -0.1) is 0 Å². The third-order valence-corrected chi connectivity index (χ3v) is 5.58. The first-order valence-corrected chi connectivity index (χ1v) is 9.58. The smallest absolute Gasteiger partial charge is 0.249 e. The predicted octanol–water partition coefficient (Wildman–Crippen LogP) is 2.41. The molecule has 0 bridgehead atoms. The minimum atomic E-state index is -0.0606. The van der Waals surface area contributed by atoms with Crippen molar-refractivity contribution in [2.75, 3.05) is 32.2 Å². The van der Waals surface area contributed by atoms with Gasteiger partial charge in [0.2, 0.25) is 5.91 Å². The van der Waals surface area contributed by atoms with E-state index < -0.39 is 0 Å². The Kier molecular flexibility index (Phi) is 5.34. The van der Waals surface area contributed by atoms with Crippen LogP contribution in [0.25, 0.3) is 0 Å². The molecule has 2 aliphatic rings. The van der Waals surface area contributed by atoms with E-state index in [1.165, 1.54) is 7.11 Å². The molecule has 4 rings (SSSR count). The highest BCUT2D eigenvalue weighted by Crippen LogP contribution is 2.46. The molecule has 0 aliphatic carbocycles. The van der Waals surface area contributed by atoms with Gasteiger partial charge in [0.1, 0.15) is 6.61 Å². The monoisotopic (exact) mass is 376 g/mol. The molecule has 1 fully saturated rings. The maximum atomic E-state index is 12.6. The number of rotatable bonds is 3. The number of methoxy groups -OCH3 is 1. The van der Waals surface area contributed by atoms with Crippen LogP contribution in [0.5, 0.6) is 0 Å². The molecule has 3 atom stereocenters. The number of aliphatic hydroxyl groups excluding tert-OH is 1. The van der Waals surface area contributed by atoms with Crippen molar-refractivity contribution in [2.45, 2.75) is 18.5 Å². The first-order chi connectivity index (χ1) is 13.7. The number of hydrogen-bond acceptors (Lipinski definition) is 4. The quantitative estimate of drug-likeness (QED) is 0.808. The zero-order valence-electron chi connectivity index (χ0n) is 15.9. The summed E-state index contributed by atoms with van der Waals surface area (Å²) in [6, 6.07) is 15.8. The van der Waals surface area contributed by atoms with E-state index in [1.807, 2.05) is 47.4 Å². The molecule has 5 heteroatoms. The molecular weight excluding hydrogens is 352 g/mol. The lowest BCUT2D eigenvalue weighted by molar-refractivity contribution is -0.136. The van der Waals surface area contributed by atoms with E-state index in [0.29, 0.717) is 6.54 Å². The Bertz CT molecular complexity index is 916. The fraction of sp³-hybridized carbons (Fsp3) is 0.348. The van der Waals surface area contributed by atoms with Gasteiger partial charge in [0.15, 0.2) is 0 Å². The minimum Gasteiger partial charge on any atom is -0.394 e. The number of carbonyl (C=O) groups is 1. The zero-order chi connectivity index (χ0) is 19.5. The molecule has 0 unspecified atom stereocenters. The molecular formula is C23H24N2O3. The second kappa shape index (κ2) is 8.05. The Labute approximate surface area is 165 Å². The summed E-state index contributed by atoms with van der Waals surface area (Å²) in [7, 11) is 1.54. The molecule has 5 nitrogen and oxygen atoms in total. The summed E-state index contributed by atoms with van der Waals surface area (Å²) in [6.45, 7) is 0.792. The van der Waals surface area contributed by atoms with Gasteiger partial charge >= 0.3 is 0 Å². The van der Waals surface area contributed by atoms with Crippen molar-refractivity contribution in [2.24, 2.45) is 5.92 Å². The van der Waals surface area contributed by atoms with Gasteiger partial charge in [0.25, 0.3) is 0 Å². The lowest BCUT2D eigenvalue weighted by Crippen LogP contribution is -2.43. The van der Waals surface area contributed by atoms with Crippen molar-refractivity contribution >= 4 is 11.6 Å². The van der Waals surface area contributed by atoms with Crippen LogP contribution in [-0.4, -0.2) is 48.8 Å². The summed E-state index contributed by atoms with van der Waals surface area (Å²) in [4.78, 5) is 14.5. The van der Waals surface area contributed by atoms with Crippen molar-refractivity contribution in [3.05, 3.63) is 65.2 Å². The number of hydrogen-bond donors (Lipinski definition) is 2. The van der Waals surface area contributed by atoms with Gasteiger partial charge in [0.05, 0.1) is 18.7 Å². The fourth-order valence-electron chi connectivity index (χ4n) is 4.29. The number of fused-ring (bicyclic) bond motifs is 3. The highest BCUT2D eigenvalue weighted by atomic mass is 16.5. The number of likely N-dealkylation sites (tertiary alicyclic amines) is 1. The topological polar surface area (TPSA) is 61.8 Å². The van der Waals surface area contributed by atoms with Crippen LogP contribution in [0.1, 0.15) is 29.2 Å². The highest BCUT2D eigenvalue weighted by molar-refractivity contribution is 5.79. The molecule has 2 aromatic rings. The first-order valence-electron chi connectivity index (χ1n) is 9.58. The minimum absolute atomic E-state index is 0.0136. The third kappa shape index (κ3) is 3.49. The Morgan fingerprint density at radius 3 is 2.75 bits per heavy atom. The zero-order valence-corrected chi connectivity index (χ0v) is 15.9. The number of nitrogens with one attached hydrogen (secondary N) is 1. The molecule has 0 spiro atoms. The molecule has 1 saturated heterocycles. The van der Waals surface area contributed by atoms with Crippen LogP contribution in [0, 0.1) is 17.8 Å². The molecule has 2 aromatic carbocycles. The molecule has 2 aliphatic heterocycles. The van der Waals surface area contributed by atoms with Crippen LogP contribution in [0.3, 0.4) is 0 Å². The van der Waals surface area contributed by atoms with E-state index in [-0.39, 0.29) is 37.1 Å². The van der Waals surface area contributed by atoms with Crippen molar-refractivity contribution in [1.82, 2.24) is 4.90 Å². The lowest BCUT2D eigenvalue weighted by atomic mass is 9.82. The molecule has 0 saturated carbocycles. The average molecular weight is 376 g/mol. The predicted molar refractivity (Wildman–Crippen MR) is 108 cm³/mol. The molecule has 0 radical (unpaired) electrons. The largest absolute Gasteiger partial charge is 0.394 e. The Morgan fingerprint density at radius 2 is 2.00 bits per heavy atom. The fourth-order valence-corrected chi connectivity index (χ4v) is 4.29. The van der Waals surface area contributed by atoms with Gasteiger partial charge in [-0.2, -0.15) is 0 Å². The van der Waals surface area contributed by atoms with E-state index >= 15 is 0 Å². The van der Waals surface area contributed by atoms with Crippen LogP contribution in [0.2, 0.25) is 0 Å². The summed E-state index contributed by atoms with van der Waals surface area (Å²) in [5, 5.41) is 13.3. The van der Waals surface area contributed by atoms with Crippen molar-refractivity contribution < 1.29 is 14.6 Å². The summed E-state index contributed by atoms with van der Waals surface area (Å²) in [5.41, 5.74) is 3.91. The van der Waals surface area contributed by atoms with Gasteiger partial charge in [-0.3, -0.25) is 4.79 Å². The van der Waals surface area contributed by atoms with Gasteiger partial charge in [-0.25, -0.2) is 0 Å². The van der Waals surface area contributed by atoms with Crippen LogP contribution in [0.4, 0.5) is 5.69 Å². The number of ether oxygens (including phenoxy) is 1. The standard InChI is InChI=1S/C23H24N2O3/c1-28-15-22(27)25-12-11-18-21(14-26)24-20-10-9-17(13-19(20)23(18)25)8-7-16-5-3-2-4-6-16/h2-6,9-10,13,18,21,23-24,26H,11-12,14-15H2,1H3/t18-,21+,23-/m1/s1. The number of nitrogens with zero attached hydrogens (tertiary/aromatic N) is 1. The lowest BCUT2D eigenvalue weighted by Gasteiger charge is -2.39. The van der Waals surface area contributed by atoms with Crippen LogP contribution < -0.4 is 5.32 Å². The summed E-state index contributed by atoms with van der Waals surface area (Å²) < 4.78 is 5.07. The average Bonchev–Trinajstić information content (AvgIpc) is 3.18. The number of amides is 1. The van der Waals surface area contributed by atoms with Crippen molar-refractivity contribution in [3.63, 3.8) is 0 Å². The summed E-state index contributed by atoms with van der Waals surface area (Å²) >= 11 is 0. The maximum Gasteiger partial charge on any atom is 0.249 e. The second-order valence-corrected chi connectivity index (χ2v) is 7.27. The maximum absolute atomic E-state index is 12.6. The van der Waals surface area contributed by atoms with Gasteiger partial charge in [0, 0.05) is 36.4 Å².